The zero-order valence-corrected chi connectivity index (χ0v) is 8.51. The van der Waals surface area contributed by atoms with Gasteiger partial charge in [0.25, 0.3) is 0 Å². The molecule has 0 unspecified atom stereocenters. The predicted octanol–water partition coefficient (Wildman–Crippen LogP) is 1.66. The summed E-state index contributed by atoms with van der Waals surface area (Å²) >= 11 is 9.07. The second kappa shape index (κ2) is 4.28. The van der Waals surface area contributed by atoms with Crippen molar-refractivity contribution < 1.29 is 10.0 Å². The van der Waals surface area contributed by atoms with Crippen LogP contribution < -0.4 is 0 Å². The van der Waals surface area contributed by atoms with Crippen LogP contribution in [0.25, 0.3) is 0 Å². The smallest absolute Gasteiger partial charge is 0.427 e. The zero-order valence-electron chi connectivity index (χ0n) is 6.17. The van der Waals surface area contributed by atoms with Crippen LogP contribution in [0, 0.1) is 0 Å². The lowest BCUT2D eigenvalue weighted by atomic mass is 9.82. The minimum atomic E-state index is -1.34. The summed E-state index contributed by atoms with van der Waals surface area (Å²) in [5, 5.41) is 17.9. The normalized spacial score (nSPS) is 10.0. The van der Waals surface area contributed by atoms with Crippen molar-refractivity contribution in [1.82, 2.24) is 0 Å². The number of hydrogen-bond donors (Lipinski definition) is 2. The first kappa shape index (κ1) is 10.1. The zero-order chi connectivity index (χ0) is 9.14. The van der Waals surface area contributed by atoms with Crippen LogP contribution in [0.4, 0.5) is 0 Å². The molecule has 0 amide bonds. The lowest BCUT2D eigenvalue weighted by Crippen LogP contribution is -2.15. The Morgan fingerprint density at radius 1 is 1.42 bits per heavy atom. The molecule has 0 heterocycles. The van der Waals surface area contributed by atoms with Crippen LogP contribution in [0.15, 0.2) is 22.7 Å². The van der Waals surface area contributed by atoms with Crippen molar-refractivity contribution in [1.29, 1.82) is 0 Å². The van der Waals surface area contributed by atoms with Crippen LogP contribution in [0.1, 0.15) is 5.56 Å². The van der Waals surface area contributed by atoms with Gasteiger partial charge in [0.1, 0.15) is 0 Å². The lowest BCUT2D eigenvalue weighted by Gasteiger charge is -2.02. The summed E-state index contributed by atoms with van der Waals surface area (Å²) in [5.74, 6) is 0. The maximum Gasteiger partial charge on any atom is 0.456 e. The van der Waals surface area contributed by atoms with E-state index in [1.165, 1.54) is 0 Å². The number of halogens is 2. The molecule has 0 fully saturated rings. The standard InChI is InChI=1S/C7H7BBrClO2/c9-6-2-1-5(4-8(11)12)7(10)3-6/h1-3,11-12H,4H2. The van der Waals surface area contributed by atoms with Gasteiger partial charge >= 0.3 is 7.12 Å². The molecule has 2 nitrogen and oxygen atoms in total. The maximum atomic E-state index is 8.68. The first-order valence-corrected chi connectivity index (χ1v) is 4.57. The topological polar surface area (TPSA) is 40.5 Å². The highest BCUT2D eigenvalue weighted by Gasteiger charge is 2.10. The quantitative estimate of drug-likeness (QED) is 0.783. The van der Waals surface area contributed by atoms with E-state index in [1.807, 2.05) is 6.07 Å². The van der Waals surface area contributed by atoms with Crippen molar-refractivity contribution in [2.75, 3.05) is 0 Å². The van der Waals surface area contributed by atoms with Gasteiger partial charge in [0.05, 0.1) is 0 Å². The molecular weight excluding hydrogens is 242 g/mol. The van der Waals surface area contributed by atoms with Crippen LogP contribution in [0.5, 0.6) is 0 Å². The first-order chi connectivity index (χ1) is 5.59. The molecule has 64 valence electrons. The Hall–Kier alpha value is -0.0251. The first-order valence-electron chi connectivity index (χ1n) is 3.39. The molecule has 0 atom stereocenters. The molecule has 0 saturated carbocycles. The highest BCUT2D eigenvalue weighted by molar-refractivity contribution is 9.10. The Morgan fingerprint density at radius 3 is 2.58 bits per heavy atom. The van der Waals surface area contributed by atoms with Crippen molar-refractivity contribution >= 4 is 34.6 Å². The Labute approximate surface area is 84.4 Å². The molecule has 5 heteroatoms. The summed E-state index contributed by atoms with van der Waals surface area (Å²) in [6.07, 6.45) is 0.159. The fourth-order valence-corrected chi connectivity index (χ4v) is 1.63. The second-order valence-corrected chi connectivity index (χ2v) is 3.74. The Bertz CT molecular complexity index is 280. The van der Waals surface area contributed by atoms with E-state index in [0.717, 1.165) is 10.0 Å². The van der Waals surface area contributed by atoms with Gasteiger partial charge in [0, 0.05) is 15.8 Å². The summed E-state index contributed by atoms with van der Waals surface area (Å²) in [6.45, 7) is 0. The van der Waals surface area contributed by atoms with Gasteiger partial charge < -0.3 is 10.0 Å². The van der Waals surface area contributed by atoms with E-state index in [0.29, 0.717) is 5.02 Å². The van der Waals surface area contributed by atoms with Gasteiger partial charge in [-0.3, -0.25) is 0 Å². The van der Waals surface area contributed by atoms with E-state index in [4.69, 9.17) is 21.6 Å². The molecule has 0 saturated heterocycles. The van der Waals surface area contributed by atoms with E-state index >= 15 is 0 Å². The lowest BCUT2D eigenvalue weighted by molar-refractivity contribution is 0.405. The van der Waals surface area contributed by atoms with Gasteiger partial charge in [-0.1, -0.05) is 33.6 Å². The van der Waals surface area contributed by atoms with E-state index in [2.05, 4.69) is 15.9 Å². The van der Waals surface area contributed by atoms with Crippen molar-refractivity contribution in [3.63, 3.8) is 0 Å². The molecule has 0 bridgehead atoms. The SMILES string of the molecule is OB(O)Cc1ccc(Br)cc1Cl. The molecule has 12 heavy (non-hydrogen) atoms. The third kappa shape index (κ3) is 2.79. The molecule has 0 aliphatic carbocycles. The number of rotatable bonds is 2. The molecule has 0 aliphatic rings. The third-order valence-corrected chi connectivity index (χ3v) is 2.26. The minimum absolute atomic E-state index is 0.159. The van der Waals surface area contributed by atoms with Gasteiger partial charge in [0.15, 0.2) is 0 Å². The highest BCUT2D eigenvalue weighted by Crippen LogP contribution is 2.21. The summed E-state index contributed by atoms with van der Waals surface area (Å²) in [6, 6.07) is 5.29. The van der Waals surface area contributed by atoms with E-state index in [-0.39, 0.29) is 6.32 Å². The van der Waals surface area contributed by atoms with Gasteiger partial charge in [0.2, 0.25) is 0 Å². The van der Waals surface area contributed by atoms with Gasteiger partial charge in [-0.25, -0.2) is 0 Å². The van der Waals surface area contributed by atoms with Crippen LogP contribution >= 0.6 is 27.5 Å². The van der Waals surface area contributed by atoms with Crippen molar-refractivity contribution in [3.8, 4) is 0 Å². The molecule has 2 N–H and O–H groups in total. The molecule has 1 rings (SSSR count). The van der Waals surface area contributed by atoms with E-state index in [1.54, 1.807) is 12.1 Å². The molecular formula is C7H7BBrClO2. The molecule has 0 spiro atoms. The molecule has 0 aliphatic heterocycles. The average Bonchev–Trinajstić information content (AvgIpc) is 1.94. The average molecular weight is 249 g/mol. The van der Waals surface area contributed by atoms with Crippen LogP contribution in [-0.4, -0.2) is 17.2 Å². The van der Waals surface area contributed by atoms with Gasteiger partial charge in [-0.05, 0) is 17.7 Å². The predicted molar refractivity (Wildman–Crippen MR) is 53.0 cm³/mol. The molecule has 0 radical (unpaired) electrons. The summed E-state index contributed by atoms with van der Waals surface area (Å²) in [7, 11) is -1.34. The van der Waals surface area contributed by atoms with Crippen LogP contribution in [0.2, 0.25) is 5.02 Å². The molecule has 1 aromatic rings. The fraction of sp³-hybridized carbons (Fsp3) is 0.143. The van der Waals surface area contributed by atoms with Crippen molar-refractivity contribution in [3.05, 3.63) is 33.3 Å². The Balaban J connectivity index is 2.86. The van der Waals surface area contributed by atoms with E-state index < -0.39 is 7.12 Å². The molecule has 0 aromatic heterocycles. The monoisotopic (exact) mass is 248 g/mol. The highest BCUT2D eigenvalue weighted by atomic mass is 79.9. The Morgan fingerprint density at radius 2 is 2.08 bits per heavy atom. The van der Waals surface area contributed by atoms with Crippen LogP contribution in [-0.2, 0) is 6.32 Å². The molecule has 1 aromatic carbocycles. The fourth-order valence-electron chi connectivity index (χ4n) is 0.884. The number of benzene rings is 1. The maximum absolute atomic E-state index is 8.68. The summed E-state index contributed by atoms with van der Waals surface area (Å²) in [5.41, 5.74) is 0.731. The second-order valence-electron chi connectivity index (χ2n) is 2.42. The van der Waals surface area contributed by atoms with Crippen molar-refractivity contribution in [2.24, 2.45) is 0 Å². The largest absolute Gasteiger partial charge is 0.456 e. The summed E-state index contributed by atoms with van der Waals surface area (Å²) < 4.78 is 0.878. The minimum Gasteiger partial charge on any atom is -0.427 e. The van der Waals surface area contributed by atoms with Gasteiger partial charge in [-0.15, -0.1) is 0 Å². The third-order valence-electron chi connectivity index (χ3n) is 1.42. The number of hydrogen-bond acceptors (Lipinski definition) is 2. The van der Waals surface area contributed by atoms with E-state index in [9.17, 15) is 0 Å². The summed E-state index contributed by atoms with van der Waals surface area (Å²) in [4.78, 5) is 0. The van der Waals surface area contributed by atoms with Crippen molar-refractivity contribution in [2.45, 2.75) is 6.32 Å². The van der Waals surface area contributed by atoms with Crippen LogP contribution in [0.3, 0.4) is 0 Å². The Kier molecular flexibility index (Phi) is 3.59. The van der Waals surface area contributed by atoms with Gasteiger partial charge in [-0.2, -0.15) is 0 Å².